The zero-order chi connectivity index (χ0) is 27.8. The molecule has 1 aliphatic heterocycles. The minimum absolute atomic E-state index is 0.0977. The Morgan fingerprint density at radius 2 is 1.92 bits per heavy atom. The summed E-state index contributed by atoms with van der Waals surface area (Å²) in [6, 6.07) is 17.0. The highest BCUT2D eigenvalue weighted by atomic mass is 16.6. The van der Waals surface area contributed by atoms with Crippen LogP contribution < -0.4 is 15.6 Å². The Hall–Kier alpha value is -3.40. The number of morpholine rings is 1. The van der Waals surface area contributed by atoms with Gasteiger partial charge in [0.05, 0.1) is 37.9 Å². The van der Waals surface area contributed by atoms with Crippen LogP contribution in [-0.4, -0.2) is 66.7 Å². The number of fused-ring (bicyclic) bond motifs is 1. The van der Waals surface area contributed by atoms with Gasteiger partial charge in [-0.3, -0.25) is 4.79 Å². The molecule has 9 nitrogen and oxygen atoms in total. The van der Waals surface area contributed by atoms with Crippen molar-refractivity contribution < 1.29 is 23.7 Å². The topological polar surface area (TPSA) is 91.3 Å². The maximum atomic E-state index is 13.8. The molecule has 3 aromatic rings. The predicted molar refractivity (Wildman–Crippen MR) is 150 cm³/mol. The van der Waals surface area contributed by atoms with Crippen LogP contribution in [0.5, 0.6) is 11.5 Å². The van der Waals surface area contributed by atoms with Crippen LogP contribution >= 0.6 is 0 Å². The molecule has 1 aliphatic rings. The molecule has 39 heavy (non-hydrogen) atoms. The van der Waals surface area contributed by atoms with Crippen molar-refractivity contribution in [1.82, 2.24) is 14.8 Å². The Morgan fingerprint density at radius 3 is 2.62 bits per heavy atom. The zero-order valence-corrected chi connectivity index (χ0v) is 23.3. The lowest BCUT2D eigenvalue weighted by Gasteiger charge is -2.32. The molecule has 1 unspecified atom stereocenters. The van der Waals surface area contributed by atoms with E-state index in [2.05, 4.69) is 5.32 Å². The summed E-state index contributed by atoms with van der Waals surface area (Å²) in [6.45, 7) is 11.1. The van der Waals surface area contributed by atoms with Crippen molar-refractivity contribution in [2.45, 2.75) is 52.5 Å². The third-order valence-corrected chi connectivity index (χ3v) is 6.23. The van der Waals surface area contributed by atoms with E-state index in [0.29, 0.717) is 56.5 Å². The highest BCUT2D eigenvalue weighted by Gasteiger charge is 2.27. The van der Waals surface area contributed by atoms with Gasteiger partial charge in [0.25, 0.3) is 5.56 Å². The standard InChI is InChI=1S/C30H39N3O6/c1-5-36-16-14-33-27-18-25(38-24-9-7-6-8-10-24)12-11-22(27)17-23(28(33)34)20-32(29(35)39-30(2,3)4)21-26-19-31-13-15-37-26/h6-12,17-18,26,31H,5,13-16,19-21H2,1-4H3. The Kier molecular flexibility index (Phi) is 9.61. The van der Waals surface area contributed by atoms with Gasteiger partial charge in [0.15, 0.2) is 0 Å². The van der Waals surface area contributed by atoms with Crippen LogP contribution in [0, 0.1) is 0 Å². The molecule has 0 bridgehead atoms. The first kappa shape index (κ1) is 28.6. The molecule has 1 saturated heterocycles. The number of carbonyl (C=O) groups excluding carboxylic acids is 1. The van der Waals surface area contributed by atoms with Gasteiger partial charge in [-0.25, -0.2) is 4.79 Å². The number of hydrogen-bond acceptors (Lipinski definition) is 7. The molecule has 1 aromatic heterocycles. The van der Waals surface area contributed by atoms with Gasteiger partial charge in [0.1, 0.15) is 17.1 Å². The Balaban J connectivity index is 1.68. The summed E-state index contributed by atoms with van der Waals surface area (Å²) >= 11 is 0. The van der Waals surface area contributed by atoms with Gasteiger partial charge in [0.2, 0.25) is 0 Å². The van der Waals surface area contributed by atoms with E-state index < -0.39 is 11.7 Å². The van der Waals surface area contributed by atoms with Crippen LogP contribution in [0.1, 0.15) is 33.3 Å². The molecule has 1 fully saturated rings. The summed E-state index contributed by atoms with van der Waals surface area (Å²) in [4.78, 5) is 28.6. The normalized spacial score (nSPS) is 15.7. The van der Waals surface area contributed by atoms with E-state index in [1.165, 1.54) is 0 Å². The van der Waals surface area contributed by atoms with E-state index >= 15 is 0 Å². The molecule has 2 aromatic carbocycles. The van der Waals surface area contributed by atoms with Gasteiger partial charge >= 0.3 is 6.09 Å². The Labute approximate surface area is 229 Å². The van der Waals surface area contributed by atoms with Crippen molar-refractivity contribution in [1.29, 1.82) is 0 Å². The van der Waals surface area contributed by atoms with E-state index in [4.69, 9.17) is 18.9 Å². The van der Waals surface area contributed by atoms with Crippen molar-refractivity contribution in [2.24, 2.45) is 0 Å². The molecule has 1 atom stereocenters. The van der Waals surface area contributed by atoms with Crippen molar-refractivity contribution in [3.8, 4) is 11.5 Å². The average molecular weight is 538 g/mol. The second-order valence-corrected chi connectivity index (χ2v) is 10.5. The fourth-order valence-corrected chi connectivity index (χ4v) is 4.45. The van der Waals surface area contributed by atoms with Crippen LogP contribution in [-0.2, 0) is 27.3 Å². The van der Waals surface area contributed by atoms with Crippen molar-refractivity contribution in [3.05, 3.63) is 70.5 Å². The smallest absolute Gasteiger partial charge is 0.410 e. The van der Waals surface area contributed by atoms with E-state index in [1.807, 2.05) is 82.3 Å². The van der Waals surface area contributed by atoms with Crippen LogP contribution in [0.2, 0.25) is 0 Å². The number of para-hydroxylation sites is 1. The molecule has 0 saturated carbocycles. The second-order valence-electron chi connectivity index (χ2n) is 10.5. The molecular weight excluding hydrogens is 498 g/mol. The quantitative estimate of drug-likeness (QED) is 0.379. The number of rotatable bonds is 10. The first-order valence-corrected chi connectivity index (χ1v) is 13.5. The van der Waals surface area contributed by atoms with Gasteiger partial charge in [-0.2, -0.15) is 0 Å². The number of nitrogens with one attached hydrogen (secondary N) is 1. The zero-order valence-electron chi connectivity index (χ0n) is 23.3. The minimum Gasteiger partial charge on any atom is -0.457 e. The molecule has 210 valence electrons. The molecule has 4 rings (SSSR count). The summed E-state index contributed by atoms with van der Waals surface area (Å²) in [5.74, 6) is 1.34. The number of aromatic nitrogens is 1. The first-order chi connectivity index (χ1) is 18.7. The SMILES string of the molecule is CCOCCn1c(=O)c(CN(CC2CNCCO2)C(=O)OC(C)(C)C)cc2ccc(Oc3ccccc3)cc21. The molecule has 0 spiro atoms. The molecule has 1 N–H and O–H groups in total. The number of nitrogens with zero attached hydrogens (tertiary/aromatic N) is 2. The van der Waals surface area contributed by atoms with E-state index in [9.17, 15) is 9.59 Å². The first-order valence-electron chi connectivity index (χ1n) is 13.5. The summed E-state index contributed by atoms with van der Waals surface area (Å²) in [6.07, 6.45) is -0.673. The van der Waals surface area contributed by atoms with Crippen molar-refractivity contribution in [2.75, 3.05) is 39.5 Å². The van der Waals surface area contributed by atoms with Crippen LogP contribution in [0.15, 0.2) is 59.4 Å². The van der Waals surface area contributed by atoms with Crippen LogP contribution in [0.4, 0.5) is 4.79 Å². The van der Waals surface area contributed by atoms with Crippen LogP contribution in [0.25, 0.3) is 10.9 Å². The van der Waals surface area contributed by atoms with E-state index in [-0.39, 0.29) is 18.2 Å². The number of carbonyl (C=O) groups is 1. The number of benzene rings is 2. The lowest BCUT2D eigenvalue weighted by atomic mass is 10.1. The number of pyridine rings is 1. The fraction of sp³-hybridized carbons (Fsp3) is 0.467. The fourth-order valence-electron chi connectivity index (χ4n) is 4.45. The van der Waals surface area contributed by atoms with Crippen molar-refractivity contribution >= 4 is 17.0 Å². The third kappa shape index (κ3) is 8.05. The summed E-state index contributed by atoms with van der Waals surface area (Å²) < 4.78 is 24.9. The maximum Gasteiger partial charge on any atom is 0.410 e. The monoisotopic (exact) mass is 537 g/mol. The summed E-state index contributed by atoms with van der Waals surface area (Å²) in [5.41, 5.74) is 0.373. The highest BCUT2D eigenvalue weighted by Crippen LogP contribution is 2.26. The van der Waals surface area contributed by atoms with Crippen LogP contribution in [0.3, 0.4) is 0 Å². The van der Waals surface area contributed by atoms with Gasteiger partial charge < -0.3 is 33.7 Å². The molecule has 9 heteroatoms. The van der Waals surface area contributed by atoms with Gasteiger partial charge in [-0.1, -0.05) is 18.2 Å². The minimum atomic E-state index is -0.669. The number of amides is 1. The number of ether oxygens (including phenoxy) is 4. The largest absolute Gasteiger partial charge is 0.457 e. The lowest BCUT2D eigenvalue weighted by molar-refractivity contribution is -0.0143. The number of hydrogen-bond donors (Lipinski definition) is 1. The van der Waals surface area contributed by atoms with E-state index in [1.54, 1.807) is 9.47 Å². The maximum absolute atomic E-state index is 13.8. The molecular formula is C30H39N3O6. The Bertz CT molecular complexity index is 1300. The molecule has 0 aliphatic carbocycles. The third-order valence-electron chi connectivity index (χ3n) is 6.23. The van der Waals surface area contributed by atoms with E-state index in [0.717, 1.165) is 17.4 Å². The van der Waals surface area contributed by atoms with Gasteiger partial charge in [-0.05, 0) is 63.4 Å². The van der Waals surface area contributed by atoms with Crippen molar-refractivity contribution in [3.63, 3.8) is 0 Å². The predicted octanol–water partition coefficient (Wildman–Crippen LogP) is 4.56. The Morgan fingerprint density at radius 1 is 1.13 bits per heavy atom. The molecule has 0 radical (unpaired) electrons. The molecule has 2 heterocycles. The average Bonchev–Trinajstić information content (AvgIpc) is 2.90. The lowest BCUT2D eigenvalue weighted by Crippen LogP contribution is -2.48. The summed E-state index contributed by atoms with van der Waals surface area (Å²) in [5, 5.41) is 4.15. The summed E-state index contributed by atoms with van der Waals surface area (Å²) in [7, 11) is 0. The molecule has 1 amide bonds. The second kappa shape index (κ2) is 13.1. The van der Waals surface area contributed by atoms with Gasteiger partial charge in [-0.15, -0.1) is 0 Å². The van der Waals surface area contributed by atoms with Gasteiger partial charge in [0, 0.05) is 37.9 Å². The highest BCUT2D eigenvalue weighted by molar-refractivity contribution is 5.81.